The summed E-state index contributed by atoms with van der Waals surface area (Å²) in [6.07, 6.45) is 5.12. The molecule has 2 aromatic rings. The maximum absolute atomic E-state index is 13.2. The van der Waals surface area contributed by atoms with Crippen molar-refractivity contribution in [3.8, 4) is 0 Å². The molecule has 0 aliphatic heterocycles. The summed E-state index contributed by atoms with van der Waals surface area (Å²) in [5, 5.41) is 13.2. The number of carbonyl (C=O) groups excluding carboxylic acids is 3. The number of nitrogens with zero attached hydrogens (tertiary/aromatic N) is 2. The van der Waals surface area contributed by atoms with Crippen molar-refractivity contribution in [2.24, 2.45) is 10.9 Å². The first-order chi connectivity index (χ1) is 18.4. The Morgan fingerprint density at radius 2 is 1.84 bits per heavy atom. The third kappa shape index (κ3) is 9.58. The summed E-state index contributed by atoms with van der Waals surface area (Å²) in [5.41, 5.74) is 1.56. The van der Waals surface area contributed by atoms with Gasteiger partial charge in [-0.3, -0.25) is 9.59 Å². The maximum Gasteiger partial charge on any atom is 0.434 e. The standard InChI is InChI=1S/C29H36ClN3O5/c1-33(25-13-6-3-7-14-25)27(35)16-15-24(19-34)31-28(36)26(18-21-9-4-2-5-10-21)32-29(37)38-20-22-11-8-12-23(30)17-22/h3,6-8,11-14,17,21,24,34H,2,4-5,9-10,15-16,18-20H2,1H3,(H,31,36)/b32-26+/t24-/m0/s1. The van der Waals surface area contributed by atoms with Crippen molar-refractivity contribution in [3.63, 3.8) is 0 Å². The summed E-state index contributed by atoms with van der Waals surface area (Å²) < 4.78 is 5.27. The summed E-state index contributed by atoms with van der Waals surface area (Å²) in [6.45, 7) is -0.360. The number of rotatable bonds is 11. The second-order valence-electron chi connectivity index (χ2n) is 9.63. The SMILES string of the molecule is CN(C(=O)CC[C@@H](CO)NC(=O)/C(CC1CCCCC1)=N/C(=O)OCc1cccc(Cl)c1)c1ccccc1. The van der Waals surface area contributed by atoms with E-state index in [0.29, 0.717) is 17.0 Å². The first-order valence-corrected chi connectivity index (χ1v) is 13.5. The predicted molar refractivity (Wildman–Crippen MR) is 148 cm³/mol. The number of aliphatic hydroxyl groups is 1. The van der Waals surface area contributed by atoms with Gasteiger partial charge in [0, 0.05) is 24.2 Å². The summed E-state index contributed by atoms with van der Waals surface area (Å²) in [5.74, 6) is -0.412. The van der Waals surface area contributed by atoms with Crippen LogP contribution >= 0.6 is 11.6 Å². The van der Waals surface area contributed by atoms with E-state index in [2.05, 4.69) is 10.3 Å². The zero-order valence-corrected chi connectivity index (χ0v) is 22.5. The monoisotopic (exact) mass is 541 g/mol. The molecule has 1 aliphatic rings. The Kier molecular flexibility index (Phi) is 11.8. The lowest BCUT2D eigenvalue weighted by molar-refractivity contribution is -0.119. The fourth-order valence-corrected chi connectivity index (χ4v) is 4.72. The fourth-order valence-electron chi connectivity index (χ4n) is 4.51. The number of para-hydroxylation sites is 1. The summed E-state index contributed by atoms with van der Waals surface area (Å²) >= 11 is 5.99. The average Bonchev–Trinajstić information content (AvgIpc) is 2.94. The van der Waals surface area contributed by atoms with Crippen LogP contribution in [-0.2, 0) is 20.9 Å². The Balaban J connectivity index is 1.61. The molecule has 0 bridgehead atoms. The number of aliphatic hydroxyl groups excluding tert-OH is 1. The Morgan fingerprint density at radius 1 is 1.11 bits per heavy atom. The van der Waals surface area contributed by atoms with Crippen LogP contribution in [0.1, 0.15) is 56.9 Å². The smallest absolute Gasteiger partial charge is 0.434 e. The highest BCUT2D eigenvalue weighted by Crippen LogP contribution is 2.27. The Morgan fingerprint density at radius 3 is 2.53 bits per heavy atom. The molecule has 2 aromatic carbocycles. The molecule has 204 valence electrons. The van der Waals surface area contributed by atoms with Gasteiger partial charge in [-0.2, -0.15) is 4.99 Å². The number of anilines is 1. The molecule has 3 amide bonds. The van der Waals surface area contributed by atoms with Gasteiger partial charge in [-0.25, -0.2) is 4.79 Å². The molecule has 1 saturated carbocycles. The van der Waals surface area contributed by atoms with E-state index in [0.717, 1.165) is 37.8 Å². The van der Waals surface area contributed by atoms with Crippen LogP contribution in [0.15, 0.2) is 59.6 Å². The molecule has 1 atom stereocenters. The lowest BCUT2D eigenvalue weighted by Gasteiger charge is -2.23. The van der Waals surface area contributed by atoms with Gasteiger partial charge < -0.3 is 20.1 Å². The Bertz CT molecular complexity index is 1100. The number of benzene rings is 2. The minimum atomic E-state index is -0.855. The topological polar surface area (TPSA) is 108 Å². The van der Waals surface area contributed by atoms with Gasteiger partial charge in [-0.15, -0.1) is 0 Å². The molecule has 38 heavy (non-hydrogen) atoms. The zero-order valence-electron chi connectivity index (χ0n) is 21.8. The highest BCUT2D eigenvalue weighted by atomic mass is 35.5. The van der Waals surface area contributed by atoms with Gasteiger partial charge in [-0.05, 0) is 48.6 Å². The summed E-state index contributed by atoms with van der Waals surface area (Å²) in [7, 11) is 1.69. The van der Waals surface area contributed by atoms with Crippen LogP contribution < -0.4 is 10.2 Å². The number of aliphatic imine (C=N–C) groups is 1. The van der Waals surface area contributed by atoms with E-state index < -0.39 is 18.0 Å². The summed E-state index contributed by atoms with van der Waals surface area (Å²) in [4.78, 5) is 43.9. The number of ether oxygens (including phenoxy) is 1. The van der Waals surface area contributed by atoms with E-state index in [-0.39, 0.29) is 43.6 Å². The summed E-state index contributed by atoms with van der Waals surface area (Å²) in [6, 6.07) is 15.5. The Hall–Kier alpha value is -3.23. The molecule has 2 N–H and O–H groups in total. The van der Waals surface area contributed by atoms with Crippen molar-refractivity contribution < 1.29 is 24.2 Å². The molecule has 0 saturated heterocycles. The van der Waals surface area contributed by atoms with Crippen LogP contribution in [0.4, 0.5) is 10.5 Å². The first-order valence-electron chi connectivity index (χ1n) is 13.1. The van der Waals surface area contributed by atoms with E-state index in [4.69, 9.17) is 16.3 Å². The van der Waals surface area contributed by atoms with Crippen molar-refractivity contribution in [1.29, 1.82) is 0 Å². The largest absolute Gasteiger partial charge is 0.443 e. The molecule has 1 fully saturated rings. The van der Waals surface area contributed by atoms with Gasteiger partial charge in [0.15, 0.2) is 0 Å². The number of nitrogens with one attached hydrogen (secondary N) is 1. The van der Waals surface area contributed by atoms with Gasteiger partial charge in [-0.1, -0.05) is 74.0 Å². The maximum atomic E-state index is 13.2. The highest BCUT2D eigenvalue weighted by Gasteiger charge is 2.24. The zero-order chi connectivity index (χ0) is 27.3. The van der Waals surface area contributed by atoms with E-state index in [1.807, 2.05) is 30.3 Å². The predicted octanol–water partition coefficient (Wildman–Crippen LogP) is 5.31. The van der Waals surface area contributed by atoms with E-state index in [1.54, 1.807) is 36.2 Å². The second-order valence-corrected chi connectivity index (χ2v) is 10.1. The van der Waals surface area contributed by atoms with Crippen LogP contribution in [0.5, 0.6) is 0 Å². The Labute approximate surface area is 229 Å². The van der Waals surface area contributed by atoms with Gasteiger partial charge in [0.25, 0.3) is 5.91 Å². The number of amides is 3. The third-order valence-electron chi connectivity index (χ3n) is 6.73. The highest BCUT2D eigenvalue weighted by molar-refractivity contribution is 6.40. The number of hydrogen-bond donors (Lipinski definition) is 2. The molecule has 8 nitrogen and oxygen atoms in total. The van der Waals surface area contributed by atoms with Gasteiger partial charge in [0.1, 0.15) is 12.3 Å². The molecule has 3 rings (SSSR count). The first kappa shape index (κ1) is 29.3. The number of carbonyl (C=O) groups is 3. The quantitative estimate of drug-likeness (QED) is 0.375. The van der Waals surface area contributed by atoms with Gasteiger partial charge in [0.2, 0.25) is 5.91 Å². The molecule has 9 heteroatoms. The molecule has 0 unspecified atom stereocenters. The van der Waals surface area contributed by atoms with E-state index in [1.165, 1.54) is 0 Å². The van der Waals surface area contributed by atoms with Crippen molar-refractivity contribution in [2.75, 3.05) is 18.6 Å². The van der Waals surface area contributed by atoms with E-state index in [9.17, 15) is 19.5 Å². The van der Waals surface area contributed by atoms with Crippen molar-refractivity contribution in [2.45, 2.75) is 64.0 Å². The minimum Gasteiger partial charge on any atom is -0.443 e. The van der Waals surface area contributed by atoms with Crippen molar-refractivity contribution >= 4 is 40.9 Å². The van der Waals surface area contributed by atoms with Crippen LogP contribution in [0.2, 0.25) is 5.02 Å². The van der Waals surface area contributed by atoms with Gasteiger partial charge >= 0.3 is 6.09 Å². The fraction of sp³-hybridized carbons (Fsp3) is 0.448. The van der Waals surface area contributed by atoms with Gasteiger partial charge in [0.05, 0.1) is 12.6 Å². The number of hydrogen-bond acceptors (Lipinski definition) is 5. The third-order valence-corrected chi connectivity index (χ3v) is 6.96. The molecule has 0 radical (unpaired) electrons. The minimum absolute atomic E-state index is 0.0163. The van der Waals surface area contributed by atoms with Crippen LogP contribution in [-0.4, -0.2) is 48.4 Å². The van der Waals surface area contributed by atoms with Crippen LogP contribution in [0, 0.1) is 5.92 Å². The molecular formula is C29H36ClN3O5. The lowest BCUT2D eigenvalue weighted by Crippen LogP contribution is -2.43. The average molecular weight is 542 g/mol. The van der Waals surface area contributed by atoms with Crippen LogP contribution in [0.3, 0.4) is 0 Å². The van der Waals surface area contributed by atoms with Crippen molar-refractivity contribution in [3.05, 3.63) is 65.2 Å². The van der Waals surface area contributed by atoms with Crippen LogP contribution in [0.25, 0.3) is 0 Å². The normalized spacial score (nSPS) is 15.0. The lowest BCUT2D eigenvalue weighted by atomic mass is 9.85. The molecule has 0 heterocycles. The number of halogens is 1. The second kappa shape index (κ2) is 15.2. The van der Waals surface area contributed by atoms with Crippen molar-refractivity contribution in [1.82, 2.24) is 5.32 Å². The molecule has 1 aliphatic carbocycles. The molecule has 0 spiro atoms. The molecular weight excluding hydrogens is 506 g/mol. The molecule has 0 aromatic heterocycles. The van der Waals surface area contributed by atoms with E-state index >= 15 is 0 Å².